The zero-order valence-electron chi connectivity index (χ0n) is 10.2. The van der Waals surface area contributed by atoms with Gasteiger partial charge in [-0.25, -0.2) is 8.78 Å². The van der Waals surface area contributed by atoms with Gasteiger partial charge >= 0.3 is 0 Å². The second kappa shape index (κ2) is 5.36. The molecule has 3 nitrogen and oxygen atoms in total. The van der Waals surface area contributed by atoms with Crippen molar-refractivity contribution in [3.8, 4) is 0 Å². The van der Waals surface area contributed by atoms with Crippen LogP contribution in [0.5, 0.6) is 0 Å². The Morgan fingerprint density at radius 1 is 1.42 bits per heavy atom. The minimum Gasteiger partial charge on any atom is -0.396 e. The van der Waals surface area contributed by atoms with E-state index in [1.54, 1.807) is 0 Å². The molecule has 1 amide bonds. The van der Waals surface area contributed by atoms with Crippen molar-refractivity contribution in [3.05, 3.63) is 51.7 Å². The molecule has 0 atom stereocenters. The predicted molar refractivity (Wildman–Crippen MR) is 70.9 cm³/mol. The largest absolute Gasteiger partial charge is 0.396 e. The summed E-state index contributed by atoms with van der Waals surface area (Å²) in [6.45, 7) is 0.340. The summed E-state index contributed by atoms with van der Waals surface area (Å²) < 4.78 is 26.9. The Bertz CT molecular complexity index is 599. The van der Waals surface area contributed by atoms with Crippen LogP contribution in [0.2, 0.25) is 0 Å². The number of anilines is 1. The number of hydrogen-bond donors (Lipinski definition) is 1. The molecule has 0 unspecified atom stereocenters. The van der Waals surface area contributed by atoms with Gasteiger partial charge in [-0.2, -0.15) is 0 Å². The maximum absolute atomic E-state index is 13.7. The van der Waals surface area contributed by atoms with Crippen LogP contribution in [0.25, 0.3) is 0 Å². The average molecular weight is 282 g/mol. The number of halogens is 2. The summed E-state index contributed by atoms with van der Waals surface area (Å²) >= 11 is 1.49. The van der Waals surface area contributed by atoms with Crippen molar-refractivity contribution >= 4 is 22.9 Å². The van der Waals surface area contributed by atoms with E-state index in [1.807, 2.05) is 17.5 Å². The summed E-state index contributed by atoms with van der Waals surface area (Å²) in [4.78, 5) is 14.3. The summed E-state index contributed by atoms with van der Waals surface area (Å²) in [7, 11) is 1.53. The van der Waals surface area contributed by atoms with E-state index in [2.05, 4.69) is 0 Å². The Kier molecular flexibility index (Phi) is 3.80. The van der Waals surface area contributed by atoms with Crippen molar-refractivity contribution in [2.45, 2.75) is 6.54 Å². The Morgan fingerprint density at radius 2 is 2.16 bits per heavy atom. The maximum atomic E-state index is 13.7. The number of hydrogen-bond acceptors (Lipinski definition) is 3. The summed E-state index contributed by atoms with van der Waals surface area (Å²) in [6, 6.07) is 5.44. The van der Waals surface area contributed by atoms with Gasteiger partial charge in [-0.15, -0.1) is 11.3 Å². The molecule has 0 aliphatic heterocycles. The topological polar surface area (TPSA) is 46.3 Å². The molecule has 0 aliphatic carbocycles. The first-order chi connectivity index (χ1) is 8.99. The zero-order chi connectivity index (χ0) is 14.0. The highest BCUT2D eigenvalue weighted by molar-refractivity contribution is 7.09. The Hall–Kier alpha value is -1.95. The fourth-order valence-corrected chi connectivity index (χ4v) is 2.44. The Morgan fingerprint density at radius 3 is 2.79 bits per heavy atom. The lowest BCUT2D eigenvalue weighted by Gasteiger charge is -2.17. The van der Waals surface area contributed by atoms with E-state index < -0.39 is 17.5 Å². The normalized spacial score (nSPS) is 10.5. The van der Waals surface area contributed by atoms with E-state index in [0.717, 1.165) is 17.0 Å². The van der Waals surface area contributed by atoms with E-state index in [4.69, 9.17) is 5.73 Å². The van der Waals surface area contributed by atoms with Crippen LogP contribution in [0.3, 0.4) is 0 Å². The van der Waals surface area contributed by atoms with Gasteiger partial charge in [-0.3, -0.25) is 4.79 Å². The first-order valence-corrected chi connectivity index (χ1v) is 6.39. The van der Waals surface area contributed by atoms with Crippen LogP contribution in [-0.2, 0) is 6.54 Å². The van der Waals surface area contributed by atoms with Crippen LogP contribution >= 0.6 is 11.3 Å². The van der Waals surface area contributed by atoms with E-state index >= 15 is 0 Å². The summed E-state index contributed by atoms with van der Waals surface area (Å²) in [5.74, 6) is -2.21. The standard InChI is InChI=1S/C13H12F2N2OS/c1-17(7-9-3-2-4-19-9)13(18)10-5-8(14)6-11(16)12(10)15/h2-6H,7,16H2,1H3. The monoisotopic (exact) mass is 282 g/mol. The molecule has 0 fully saturated rings. The molecule has 0 saturated heterocycles. The molecule has 2 aromatic rings. The molecule has 1 aromatic carbocycles. The van der Waals surface area contributed by atoms with E-state index in [1.165, 1.54) is 23.3 Å². The number of carbonyl (C=O) groups excluding carboxylic acids is 1. The average Bonchev–Trinajstić information content (AvgIpc) is 2.85. The van der Waals surface area contributed by atoms with Gasteiger partial charge in [-0.05, 0) is 23.6 Å². The lowest BCUT2D eigenvalue weighted by molar-refractivity contribution is 0.0781. The van der Waals surface area contributed by atoms with Crippen LogP contribution in [0.1, 0.15) is 15.2 Å². The third-order valence-electron chi connectivity index (χ3n) is 2.62. The van der Waals surface area contributed by atoms with Crippen molar-refractivity contribution < 1.29 is 13.6 Å². The molecule has 1 aromatic heterocycles. The number of nitrogens with zero attached hydrogens (tertiary/aromatic N) is 1. The number of carbonyl (C=O) groups is 1. The number of amides is 1. The third kappa shape index (κ3) is 2.90. The summed E-state index contributed by atoms with van der Waals surface area (Å²) in [5, 5.41) is 1.88. The second-order valence-corrected chi connectivity index (χ2v) is 5.13. The molecule has 1 heterocycles. The highest BCUT2D eigenvalue weighted by Gasteiger charge is 2.19. The number of nitrogen functional groups attached to an aromatic ring is 1. The van der Waals surface area contributed by atoms with Gasteiger partial charge in [-0.1, -0.05) is 6.07 Å². The van der Waals surface area contributed by atoms with Crippen LogP contribution in [-0.4, -0.2) is 17.9 Å². The molecule has 100 valence electrons. The molecule has 0 aliphatic rings. The number of rotatable bonds is 3. The van der Waals surface area contributed by atoms with Crippen LogP contribution in [0.15, 0.2) is 29.6 Å². The molecule has 6 heteroatoms. The molecule has 0 radical (unpaired) electrons. The molecule has 0 saturated carbocycles. The maximum Gasteiger partial charge on any atom is 0.257 e. The van der Waals surface area contributed by atoms with Crippen molar-refractivity contribution in [1.82, 2.24) is 4.90 Å². The van der Waals surface area contributed by atoms with Crippen molar-refractivity contribution in [1.29, 1.82) is 0 Å². The molecular formula is C13H12F2N2OS. The minimum atomic E-state index is -0.885. The number of benzene rings is 1. The quantitative estimate of drug-likeness (QED) is 0.880. The van der Waals surface area contributed by atoms with Crippen LogP contribution < -0.4 is 5.73 Å². The molecule has 2 rings (SSSR count). The molecular weight excluding hydrogens is 270 g/mol. The summed E-state index contributed by atoms with van der Waals surface area (Å²) in [6.07, 6.45) is 0. The van der Waals surface area contributed by atoms with Gasteiger partial charge in [0.2, 0.25) is 0 Å². The van der Waals surface area contributed by atoms with E-state index in [0.29, 0.717) is 6.54 Å². The van der Waals surface area contributed by atoms with Gasteiger partial charge in [0.15, 0.2) is 5.82 Å². The Balaban J connectivity index is 2.24. The molecule has 0 spiro atoms. The number of nitrogens with two attached hydrogens (primary N) is 1. The lowest BCUT2D eigenvalue weighted by atomic mass is 10.1. The summed E-state index contributed by atoms with van der Waals surface area (Å²) in [5.41, 5.74) is 4.59. The van der Waals surface area contributed by atoms with Crippen LogP contribution in [0, 0.1) is 11.6 Å². The zero-order valence-corrected chi connectivity index (χ0v) is 11.0. The molecule has 2 N–H and O–H groups in total. The second-order valence-electron chi connectivity index (χ2n) is 4.10. The van der Waals surface area contributed by atoms with E-state index in [-0.39, 0.29) is 11.3 Å². The fraction of sp³-hybridized carbons (Fsp3) is 0.154. The van der Waals surface area contributed by atoms with Crippen molar-refractivity contribution in [2.75, 3.05) is 12.8 Å². The predicted octanol–water partition coefficient (Wildman–Crippen LogP) is 2.88. The minimum absolute atomic E-state index is 0.340. The SMILES string of the molecule is CN(Cc1cccs1)C(=O)c1cc(F)cc(N)c1F. The lowest BCUT2D eigenvalue weighted by Crippen LogP contribution is -2.27. The first-order valence-electron chi connectivity index (χ1n) is 5.51. The highest BCUT2D eigenvalue weighted by Crippen LogP contribution is 2.20. The molecule has 0 bridgehead atoms. The van der Waals surface area contributed by atoms with Crippen LogP contribution in [0.4, 0.5) is 14.5 Å². The van der Waals surface area contributed by atoms with Crippen molar-refractivity contribution in [3.63, 3.8) is 0 Å². The Labute approximate surface area is 113 Å². The van der Waals surface area contributed by atoms with E-state index in [9.17, 15) is 13.6 Å². The first kappa shape index (κ1) is 13.5. The van der Waals surface area contributed by atoms with Gasteiger partial charge in [0.05, 0.1) is 17.8 Å². The smallest absolute Gasteiger partial charge is 0.257 e. The van der Waals surface area contributed by atoms with Gasteiger partial charge in [0, 0.05) is 11.9 Å². The van der Waals surface area contributed by atoms with Gasteiger partial charge in [0.25, 0.3) is 5.91 Å². The van der Waals surface area contributed by atoms with Gasteiger partial charge < -0.3 is 10.6 Å². The van der Waals surface area contributed by atoms with Gasteiger partial charge in [0.1, 0.15) is 5.82 Å². The molecule has 19 heavy (non-hydrogen) atoms. The van der Waals surface area contributed by atoms with Crippen molar-refractivity contribution in [2.24, 2.45) is 0 Å². The fourth-order valence-electron chi connectivity index (χ4n) is 1.68. The number of thiophene rings is 1. The third-order valence-corrected chi connectivity index (χ3v) is 3.48. The highest BCUT2D eigenvalue weighted by atomic mass is 32.1.